The summed E-state index contributed by atoms with van der Waals surface area (Å²) in [7, 11) is 4.26. The third-order valence-electron chi connectivity index (χ3n) is 6.98. The van der Waals surface area contributed by atoms with Gasteiger partial charge in [-0.1, -0.05) is 19.9 Å². The lowest BCUT2D eigenvalue weighted by atomic mass is 10.00. The number of thioether (sulfide) groups is 1. The number of rotatable bonds is 13. The van der Waals surface area contributed by atoms with Crippen molar-refractivity contribution in [2.45, 2.75) is 42.5 Å². The standard InChI is InChI=1S/C33H37N5O7S/c1-18(2)46-28-11-8-22(37-33(42)45-5)16-24(28)25(17-29(39)40)38-32(41)30(20-6-10-26(43-3)27(15-20)44-4)36-21-7-9-23-19(14-21)12-13-35-31(23)34/h6-16,18,25,30,36H,17H2,1-5H3,(H2,34,35)(H,37,42)(H,38,41)(H,39,40)/t25-,30-/m1/s1. The number of nitrogens with two attached hydrogens (primary N) is 1. The van der Waals surface area contributed by atoms with E-state index < -0.39 is 36.5 Å². The number of carboxylic acids is 1. The molecule has 3 aromatic carbocycles. The molecule has 0 radical (unpaired) electrons. The largest absolute Gasteiger partial charge is 0.493 e. The van der Waals surface area contributed by atoms with Crippen LogP contribution >= 0.6 is 11.8 Å². The van der Waals surface area contributed by atoms with Crippen molar-refractivity contribution >= 4 is 57.7 Å². The Bertz CT molecular complexity index is 1730. The van der Waals surface area contributed by atoms with E-state index >= 15 is 0 Å². The van der Waals surface area contributed by atoms with Crippen molar-refractivity contribution in [3.05, 3.63) is 78.0 Å². The second-order valence-electron chi connectivity index (χ2n) is 10.5. The summed E-state index contributed by atoms with van der Waals surface area (Å²) < 4.78 is 15.6. The molecule has 1 aromatic heterocycles. The van der Waals surface area contributed by atoms with Gasteiger partial charge in [-0.25, -0.2) is 9.78 Å². The summed E-state index contributed by atoms with van der Waals surface area (Å²) >= 11 is 1.51. The van der Waals surface area contributed by atoms with Crippen molar-refractivity contribution in [2.75, 3.05) is 37.7 Å². The fraction of sp³-hybridized carbons (Fsp3) is 0.273. The third-order valence-corrected chi connectivity index (χ3v) is 8.08. The molecule has 2 atom stereocenters. The summed E-state index contributed by atoms with van der Waals surface area (Å²) in [5.74, 6) is -0.341. The Morgan fingerprint density at radius 3 is 2.35 bits per heavy atom. The highest BCUT2D eigenvalue weighted by Gasteiger charge is 2.28. The number of ether oxygens (including phenoxy) is 3. The van der Waals surface area contributed by atoms with Crippen LogP contribution in [0.5, 0.6) is 11.5 Å². The molecule has 12 nitrogen and oxygen atoms in total. The van der Waals surface area contributed by atoms with E-state index in [2.05, 4.69) is 20.9 Å². The molecule has 1 heterocycles. The lowest BCUT2D eigenvalue weighted by Gasteiger charge is -2.26. The molecule has 242 valence electrons. The number of carboxylic acid groups (broad SMARTS) is 1. The van der Waals surface area contributed by atoms with Gasteiger partial charge in [-0.05, 0) is 71.1 Å². The van der Waals surface area contributed by atoms with Crippen LogP contribution in [0.4, 0.5) is 22.0 Å². The normalized spacial score (nSPS) is 12.2. The number of aromatic nitrogens is 1. The van der Waals surface area contributed by atoms with Crippen molar-refractivity contribution in [3.63, 3.8) is 0 Å². The van der Waals surface area contributed by atoms with Crippen LogP contribution in [-0.2, 0) is 14.3 Å². The van der Waals surface area contributed by atoms with Gasteiger partial charge in [0.25, 0.3) is 0 Å². The van der Waals surface area contributed by atoms with E-state index in [-0.39, 0.29) is 5.25 Å². The summed E-state index contributed by atoms with van der Waals surface area (Å²) in [5, 5.41) is 20.5. The summed E-state index contributed by atoms with van der Waals surface area (Å²) in [5.41, 5.74) is 8.11. The van der Waals surface area contributed by atoms with Gasteiger partial charge in [-0.15, -0.1) is 11.8 Å². The monoisotopic (exact) mass is 647 g/mol. The minimum absolute atomic E-state index is 0.151. The summed E-state index contributed by atoms with van der Waals surface area (Å²) in [6, 6.07) is 15.5. The molecular weight excluding hydrogens is 610 g/mol. The molecule has 0 aliphatic heterocycles. The van der Waals surface area contributed by atoms with E-state index in [4.69, 9.17) is 19.9 Å². The molecule has 0 aliphatic carbocycles. The van der Waals surface area contributed by atoms with E-state index in [1.54, 1.807) is 48.7 Å². The number of nitrogens with zero attached hydrogens (tertiary/aromatic N) is 1. The molecule has 0 fully saturated rings. The molecule has 0 unspecified atom stereocenters. The maximum atomic E-state index is 14.3. The van der Waals surface area contributed by atoms with Crippen LogP contribution in [0.25, 0.3) is 10.8 Å². The first-order chi connectivity index (χ1) is 22.0. The SMILES string of the molecule is COC(=O)Nc1ccc(SC(C)C)c([C@@H](CC(=O)O)NC(=O)[C@H](Nc2ccc3c(N)nccc3c2)c2ccc(OC)c(OC)c2)c1. The highest BCUT2D eigenvalue weighted by Crippen LogP contribution is 2.36. The summed E-state index contributed by atoms with van der Waals surface area (Å²) in [6.07, 6.45) is 0.506. The molecule has 2 amide bonds. The minimum atomic E-state index is -1.12. The number of anilines is 3. The van der Waals surface area contributed by atoms with Crippen LogP contribution in [0.1, 0.15) is 43.5 Å². The van der Waals surface area contributed by atoms with Gasteiger partial charge in [-0.2, -0.15) is 0 Å². The van der Waals surface area contributed by atoms with E-state index in [0.717, 1.165) is 15.7 Å². The number of pyridine rings is 1. The number of carbonyl (C=O) groups is 3. The first-order valence-corrected chi connectivity index (χ1v) is 15.2. The average molecular weight is 648 g/mol. The predicted molar refractivity (Wildman–Crippen MR) is 179 cm³/mol. The first kappa shape index (κ1) is 33.7. The first-order valence-electron chi connectivity index (χ1n) is 14.3. The molecular formula is C33H37N5O7S. The smallest absolute Gasteiger partial charge is 0.411 e. The number of methoxy groups -OCH3 is 3. The number of aliphatic carboxylic acids is 1. The highest BCUT2D eigenvalue weighted by atomic mass is 32.2. The number of hydrogen-bond acceptors (Lipinski definition) is 10. The Balaban J connectivity index is 1.78. The molecule has 0 saturated heterocycles. The van der Waals surface area contributed by atoms with Crippen LogP contribution < -0.4 is 31.2 Å². The maximum absolute atomic E-state index is 14.3. The van der Waals surface area contributed by atoms with Crippen molar-refractivity contribution in [1.82, 2.24) is 10.3 Å². The molecule has 46 heavy (non-hydrogen) atoms. The second kappa shape index (κ2) is 15.2. The van der Waals surface area contributed by atoms with Crippen molar-refractivity contribution < 1.29 is 33.7 Å². The number of amides is 2. The topological polar surface area (TPSA) is 174 Å². The number of fused-ring (bicyclic) bond motifs is 1. The lowest BCUT2D eigenvalue weighted by Crippen LogP contribution is -2.37. The van der Waals surface area contributed by atoms with Gasteiger partial charge < -0.3 is 35.7 Å². The highest BCUT2D eigenvalue weighted by molar-refractivity contribution is 8.00. The Hall–Kier alpha value is -5.17. The second-order valence-corrected chi connectivity index (χ2v) is 12.1. The van der Waals surface area contributed by atoms with Crippen LogP contribution in [0, 0.1) is 0 Å². The summed E-state index contributed by atoms with van der Waals surface area (Å²) in [4.78, 5) is 43.2. The zero-order valence-corrected chi connectivity index (χ0v) is 26.9. The van der Waals surface area contributed by atoms with Crippen molar-refractivity contribution in [1.29, 1.82) is 0 Å². The van der Waals surface area contributed by atoms with Gasteiger partial charge in [0, 0.05) is 33.1 Å². The molecule has 4 aromatic rings. The van der Waals surface area contributed by atoms with Gasteiger partial charge in [0.2, 0.25) is 5.91 Å². The minimum Gasteiger partial charge on any atom is -0.493 e. The summed E-state index contributed by atoms with van der Waals surface area (Å²) in [6.45, 7) is 4.01. The van der Waals surface area contributed by atoms with Crippen LogP contribution in [-0.4, -0.2) is 54.6 Å². The molecule has 0 spiro atoms. The van der Waals surface area contributed by atoms with Gasteiger partial charge in [0.05, 0.1) is 33.8 Å². The molecule has 6 N–H and O–H groups in total. The Labute approximate surface area is 271 Å². The van der Waals surface area contributed by atoms with Crippen LogP contribution in [0.15, 0.2) is 71.8 Å². The Morgan fingerprint density at radius 2 is 1.67 bits per heavy atom. The van der Waals surface area contributed by atoms with Gasteiger partial charge in [0.1, 0.15) is 11.9 Å². The Kier molecular flexibility index (Phi) is 11.2. The Morgan fingerprint density at radius 1 is 0.935 bits per heavy atom. The fourth-order valence-electron chi connectivity index (χ4n) is 4.89. The van der Waals surface area contributed by atoms with Crippen molar-refractivity contribution in [2.24, 2.45) is 0 Å². The van der Waals surface area contributed by atoms with Gasteiger partial charge in [0.15, 0.2) is 11.5 Å². The van der Waals surface area contributed by atoms with Crippen LogP contribution in [0.2, 0.25) is 0 Å². The van der Waals surface area contributed by atoms with E-state index in [1.807, 2.05) is 32.0 Å². The lowest BCUT2D eigenvalue weighted by molar-refractivity contribution is -0.137. The maximum Gasteiger partial charge on any atom is 0.411 e. The van der Waals surface area contributed by atoms with E-state index in [0.29, 0.717) is 39.8 Å². The average Bonchev–Trinajstić information content (AvgIpc) is 3.03. The van der Waals surface area contributed by atoms with Gasteiger partial charge in [-0.3, -0.25) is 14.9 Å². The number of benzene rings is 3. The van der Waals surface area contributed by atoms with E-state index in [1.165, 1.54) is 33.1 Å². The third kappa shape index (κ3) is 8.30. The number of nitrogens with one attached hydrogen (secondary N) is 3. The number of nitrogen functional groups attached to an aromatic ring is 1. The predicted octanol–water partition coefficient (Wildman–Crippen LogP) is 6.00. The van der Waals surface area contributed by atoms with Crippen LogP contribution in [0.3, 0.4) is 0 Å². The van der Waals surface area contributed by atoms with E-state index in [9.17, 15) is 19.5 Å². The molecule has 0 saturated carbocycles. The molecule has 4 rings (SSSR count). The zero-order chi connectivity index (χ0) is 33.4. The molecule has 0 aliphatic rings. The van der Waals surface area contributed by atoms with Crippen molar-refractivity contribution in [3.8, 4) is 11.5 Å². The molecule has 13 heteroatoms. The molecule has 0 bridgehead atoms. The zero-order valence-electron chi connectivity index (χ0n) is 26.1. The number of carbonyl (C=O) groups excluding carboxylic acids is 2. The number of hydrogen-bond donors (Lipinski definition) is 5. The fourth-order valence-corrected chi connectivity index (χ4v) is 5.88. The quantitative estimate of drug-likeness (QED) is 0.108. The van der Waals surface area contributed by atoms with Gasteiger partial charge >= 0.3 is 12.1 Å².